The van der Waals surface area contributed by atoms with Crippen LogP contribution in [0.25, 0.3) is 11.3 Å². The normalized spacial score (nSPS) is 11.7. The SMILES string of the molecule is COc1ccccc1NC(=O)[C@@H](C)Sc1nc(C)cc(-c2ccccc2)n1. The summed E-state index contributed by atoms with van der Waals surface area (Å²) in [7, 11) is 1.58. The molecule has 0 unspecified atom stereocenters. The molecule has 0 saturated heterocycles. The summed E-state index contributed by atoms with van der Waals surface area (Å²) in [5.41, 5.74) is 3.38. The van der Waals surface area contributed by atoms with Gasteiger partial charge in [0.25, 0.3) is 0 Å². The van der Waals surface area contributed by atoms with Crippen LogP contribution in [0.5, 0.6) is 5.75 Å². The molecular weight excluding hydrogens is 358 g/mol. The molecule has 0 bridgehead atoms. The number of anilines is 1. The molecule has 0 saturated carbocycles. The van der Waals surface area contributed by atoms with Crippen LogP contribution in [0.1, 0.15) is 12.6 Å². The first kappa shape index (κ1) is 18.9. The van der Waals surface area contributed by atoms with Gasteiger partial charge in [-0.15, -0.1) is 0 Å². The van der Waals surface area contributed by atoms with E-state index in [0.717, 1.165) is 17.0 Å². The second-order valence-electron chi connectivity index (χ2n) is 5.99. The van der Waals surface area contributed by atoms with Gasteiger partial charge >= 0.3 is 0 Å². The number of amides is 1. The summed E-state index contributed by atoms with van der Waals surface area (Å²) in [5, 5.41) is 3.12. The molecule has 3 rings (SSSR count). The highest BCUT2D eigenvalue weighted by molar-refractivity contribution is 8.00. The molecule has 0 aliphatic rings. The first-order valence-corrected chi connectivity index (χ1v) is 9.46. The highest BCUT2D eigenvalue weighted by Gasteiger charge is 2.18. The number of nitrogens with zero attached hydrogens (tertiary/aromatic N) is 2. The van der Waals surface area contributed by atoms with Crippen LogP contribution in [0.4, 0.5) is 5.69 Å². The van der Waals surface area contributed by atoms with E-state index >= 15 is 0 Å². The maximum absolute atomic E-state index is 12.6. The minimum atomic E-state index is -0.361. The second kappa shape index (κ2) is 8.68. The van der Waals surface area contributed by atoms with Gasteiger partial charge in [0.15, 0.2) is 5.16 Å². The molecule has 1 aromatic heterocycles. The number of benzene rings is 2. The number of aromatic nitrogens is 2. The fraction of sp³-hybridized carbons (Fsp3) is 0.190. The number of hydrogen-bond acceptors (Lipinski definition) is 5. The van der Waals surface area contributed by atoms with E-state index in [4.69, 9.17) is 4.74 Å². The van der Waals surface area contributed by atoms with Crippen molar-refractivity contribution >= 4 is 23.4 Å². The third kappa shape index (κ3) is 4.86. The lowest BCUT2D eigenvalue weighted by molar-refractivity contribution is -0.115. The molecule has 27 heavy (non-hydrogen) atoms. The van der Waals surface area contributed by atoms with Crippen molar-refractivity contribution in [3.8, 4) is 17.0 Å². The maximum atomic E-state index is 12.6. The molecule has 0 spiro atoms. The minimum Gasteiger partial charge on any atom is -0.495 e. The van der Waals surface area contributed by atoms with E-state index in [1.807, 2.05) is 74.5 Å². The zero-order valence-electron chi connectivity index (χ0n) is 15.5. The Morgan fingerprint density at radius 3 is 2.52 bits per heavy atom. The lowest BCUT2D eigenvalue weighted by atomic mass is 10.1. The Kier molecular flexibility index (Phi) is 6.08. The number of ether oxygens (including phenoxy) is 1. The molecule has 0 radical (unpaired) electrons. The second-order valence-corrected chi connectivity index (χ2v) is 7.30. The number of methoxy groups -OCH3 is 1. The third-order valence-electron chi connectivity index (χ3n) is 3.92. The number of hydrogen-bond donors (Lipinski definition) is 1. The van der Waals surface area contributed by atoms with Gasteiger partial charge < -0.3 is 10.1 Å². The number of para-hydroxylation sites is 2. The molecular formula is C21H21N3O2S. The monoisotopic (exact) mass is 379 g/mol. The van der Waals surface area contributed by atoms with Crippen molar-refractivity contribution in [1.82, 2.24) is 9.97 Å². The Bertz CT molecular complexity index is 932. The Morgan fingerprint density at radius 2 is 1.78 bits per heavy atom. The lowest BCUT2D eigenvalue weighted by Gasteiger charge is -2.14. The van der Waals surface area contributed by atoms with Crippen molar-refractivity contribution in [2.24, 2.45) is 0 Å². The maximum Gasteiger partial charge on any atom is 0.237 e. The smallest absolute Gasteiger partial charge is 0.237 e. The van der Waals surface area contributed by atoms with Crippen LogP contribution in [0, 0.1) is 6.92 Å². The fourth-order valence-electron chi connectivity index (χ4n) is 2.54. The van der Waals surface area contributed by atoms with Gasteiger partial charge in [-0.3, -0.25) is 4.79 Å². The van der Waals surface area contributed by atoms with Crippen molar-refractivity contribution in [3.63, 3.8) is 0 Å². The quantitative estimate of drug-likeness (QED) is 0.502. The third-order valence-corrected chi connectivity index (χ3v) is 4.88. The largest absolute Gasteiger partial charge is 0.495 e. The summed E-state index contributed by atoms with van der Waals surface area (Å²) in [4.78, 5) is 21.7. The summed E-state index contributed by atoms with van der Waals surface area (Å²) in [6.45, 7) is 3.76. The molecule has 1 heterocycles. The minimum absolute atomic E-state index is 0.129. The van der Waals surface area contributed by atoms with Gasteiger partial charge in [-0.1, -0.05) is 54.2 Å². The van der Waals surface area contributed by atoms with Crippen LogP contribution in [0.3, 0.4) is 0 Å². The molecule has 1 amide bonds. The zero-order chi connectivity index (χ0) is 19.2. The summed E-state index contributed by atoms with van der Waals surface area (Å²) >= 11 is 1.33. The predicted molar refractivity (Wildman–Crippen MR) is 109 cm³/mol. The highest BCUT2D eigenvalue weighted by Crippen LogP contribution is 2.27. The predicted octanol–water partition coefficient (Wildman–Crippen LogP) is 4.58. The number of carbonyl (C=O) groups excluding carboxylic acids is 1. The molecule has 0 aliphatic carbocycles. The van der Waals surface area contributed by atoms with E-state index < -0.39 is 0 Å². The van der Waals surface area contributed by atoms with Gasteiger partial charge in [-0.05, 0) is 32.0 Å². The Morgan fingerprint density at radius 1 is 1.07 bits per heavy atom. The van der Waals surface area contributed by atoms with Crippen LogP contribution >= 0.6 is 11.8 Å². The van der Waals surface area contributed by atoms with Crippen molar-refractivity contribution < 1.29 is 9.53 Å². The molecule has 1 atom stereocenters. The standard InChI is InChI=1S/C21H21N3O2S/c1-14-13-18(16-9-5-4-6-10-16)24-21(22-14)27-15(2)20(25)23-17-11-7-8-12-19(17)26-3/h4-13,15H,1-3H3,(H,23,25)/t15-/m1/s1. The molecule has 6 heteroatoms. The van der Waals surface area contributed by atoms with Crippen molar-refractivity contribution in [2.45, 2.75) is 24.3 Å². The van der Waals surface area contributed by atoms with Crippen molar-refractivity contribution in [1.29, 1.82) is 0 Å². The molecule has 0 aliphatic heterocycles. The average Bonchev–Trinajstić information content (AvgIpc) is 2.68. The van der Waals surface area contributed by atoms with Crippen LogP contribution in [0.15, 0.2) is 65.8 Å². The van der Waals surface area contributed by atoms with E-state index in [9.17, 15) is 4.79 Å². The molecule has 5 nitrogen and oxygen atoms in total. The van der Waals surface area contributed by atoms with E-state index in [1.165, 1.54) is 11.8 Å². The highest BCUT2D eigenvalue weighted by atomic mass is 32.2. The number of thioether (sulfide) groups is 1. The van der Waals surface area contributed by atoms with Gasteiger partial charge in [-0.25, -0.2) is 9.97 Å². The molecule has 2 aromatic carbocycles. The van der Waals surface area contributed by atoms with Gasteiger partial charge in [0.05, 0.1) is 23.7 Å². The van der Waals surface area contributed by atoms with Crippen LogP contribution < -0.4 is 10.1 Å². The average molecular weight is 379 g/mol. The number of aryl methyl sites for hydroxylation is 1. The van der Waals surface area contributed by atoms with Crippen molar-refractivity contribution in [3.05, 3.63) is 66.4 Å². The number of nitrogens with one attached hydrogen (secondary N) is 1. The lowest BCUT2D eigenvalue weighted by Crippen LogP contribution is -2.23. The van der Waals surface area contributed by atoms with E-state index in [1.54, 1.807) is 7.11 Å². The summed E-state index contributed by atoms with van der Waals surface area (Å²) < 4.78 is 5.28. The van der Waals surface area contributed by atoms with Gasteiger partial charge in [0, 0.05) is 11.3 Å². The Hall–Kier alpha value is -2.86. The molecule has 3 aromatic rings. The van der Waals surface area contributed by atoms with Crippen LogP contribution in [-0.4, -0.2) is 28.2 Å². The van der Waals surface area contributed by atoms with E-state index in [0.29, 0.717) is 16.6 Å². The van der Waals surface area contributed by atoms with E-state index in [2.05, 4.69) is 15.3 Å². The summed E-state index contributed by atoms with van der Waals surface area (Å²) in [6.07, 6.45) is 0. The zero-order valence-corrected chi connectivity index (χ0v) is 16.3. The Balaban J connectivity index is 1.74. The molecule has 0 fully saturated rings. The summed E-state index contributed by atoms with van der Waals surface area (Å²) in [5.74, 6) is 0.497. The first-order valence-electron chi connectivity index (χ1n) is 8.58. The number of rotatable bonds is 6. The Labute approximate surface area is 163 Å². The first-order chi connectivity index (χ1) is 13.1. The van der Waals surface area contributed by atoms with Gasteiger partial charge in [0.2, 0.25) is 5.91 Å². The van der Waals surface area contributed by atoms with E-state index in [-0.39, 0.29) is 11.2 Å². The van der Waals surface area contributed by atoms with Gasteiger partial charge in [-0.2, -0.15) is 0 Å². The molecule has 1 N–H and O–H groups in total. The number of carbonyl (C=O) groups is 1. The van der Waals surface area contributed by atoms with Crippen molar-refractivity contribution in [2.75, 3.05) is 12.4 Å². The summed E-state index contributed by atoms with van der Waals surface area (Å²) in [6, 6.07) is 19.2. The topological polar surface area (TPSA) is 64.1 Å². The van der Waals surface area contributed by atoms with Crippen LogP contribution in [-0.2, 0) is 4.79 Å². The van der Waals surface area contributed by atoms with Crippen LogP contribution in [0.2, 0.25) is 0 Å². The fourth-order valence-corrected chi connectivity index (χ4v) is 3.37. The van der Waals surface area contributed by atoms with Gasteiger partial charge in [0.1, 0.15) is 5.75 Å². The molecule has 138 valence electrons.